The van der Waals surface area contributed by atoms with Crippen LogP contribution in [0.5, 0.6) is 5.75 Å². The second-order valence-electron chi connectivity index (χ2n) is 4.48. The van der Waals surface area contributed by atoms with E-state index in [9.17, 15) is 4.79 Å². The molecule has 6 heteroatoms. The highest BCUT2D eigenvalue weighted by molar-refractivity contribution is 5.91. The van der Waals surface area contributed by atoms with Crippen molar-refractivity contribution in [3.05, 3.63) is 41.7 Å². The fourth-order valence-corrected chi connectivity index (χ4v) is 2.45. The lowest BCUT2D eigenvalue weighted by Crippen LogP contribution is -2.27. The van der Waals surface area contributed by atoms with Crippen molar-refractivity contribution in [1.29, 1.82) is 0 Å². The van der Waals surface area contributed by atoms with Crippen LogP contribution < -0.4 is 10.2 Å². The Hall–Kier alpha value is -2.37. The summed E-state index contributed by atoms with van der Waals surface area (Å²) in [6.07, 6.45) is 4.82. The second-order valence-corrected chi connectivity index (χ2v) is 4.48. The fourth-order valence-electron chi connectivity index (χ4n) is 2.45. The summed E-state index contributed by atoms with van der Waals surface area (Å²) >= 11 is 0. The van der Waals surface area contributed by atoms with Gasteiger partial charge in [0.2, 0.25) is 5.91 Å². The molecule has 2 aromatic rings. The van der Waals surface area contributed by atoms with Gasteiger partial charge in [0.15, 0.2) is 0 Å². The minimum atomic E-state index is -0.134. The van der Waals surface area contributed by atoms with Gasteiger partial charge in [-0.15, -0.1) is 5.10 Å². The SMILES string of the molecule is COc1ccc2c(c1)CCC2C(=O)Nn1ccnn1. The average molecular weight is 258 g/mol. The van der Waals surface area contributed by atoms with Gasteiger partial charge in [0.05, 0.1) is 25.4 Å². The number of amides is 1. The molecule has 1 atom stereocenters. The van der Waals surface area contributed by atoms with Gasteiger partial charge in [-0.2, -0.15) is 4.79 Å². The van der Waals surface area contributed by atoms with Crippen molar-refractivity contribution >= 4 is 5.91 Å². The van der Waals surface area contributed by atoms with Crippen LogP contribution in [-0.2, 0) is 11.2 Å². The van der Waals surface area contributed by atoms with Crippen molar-refractivity contribution in [2.45, 2.75) is 18.8 Å². The van der Waals surface area contributed by atoms with E-state index >= 15 is 0 Å². The van der Waals surface area contributed by atoms with Gasteiger partial charge in [-0.1, -0.05) is 6.07 Å². The number of rotatable bonds is 3. The molecular weight excluding hydrogens is 244 g/mol. The van der Waals surface area contributed by atoms with E-state index in [0.717, 1.165) is 24.2 Å². The highest BCUT2D eigenvalue weighted by Gasteiger charge is 2.29. The molecule has 3 rings (SSSR count). The van der Waals surface area contributed by atoms with Gasteiger partial charge in [0.25, 0.3) is 0 Å². The molecule has 1 aliphatic carbocycles. The summed E-state index contributed by atoms with van der Waals surface area (Å²) < 4.78 is 5.20. The van der Waals surface area contributed by atoms with E-state index in [1.807, 2.05) is 18.2 Å². The molecule has 0 saturated carbocycles. The maximum atomic E-state index is 12.2. The summed E-state index contributed by atoms with van der Waals surface area (Å²) in [5.41, 5.74) is 4.95. The number of hydrogen-bond acceptors (Lipinski definition) is 4. The van der Waals surface area contributed by atoms with Crippen molar-refractivity contribution in [2.24, 2.45) is 0 Å². The van der Waals surface area contributed by atoms with Crippen molar-refractivity contribution in [3.8, 4) is 5.75 Å². The number of hydrogen-bond donors (Lipinski definition) is 1. The van der Waals surface area contributed by atoms with E-state index in [1.165, 1.54) is 16.6 Å². The van der Waals surface area contributed by atoms with Crippen LogP contribution in [0.4, 0.5) is 0 Å². The lowest BCUT2D eigenvalue weighted by atomic mass is 10.0. The molecule has 19 heavy (non-hydrogen) atoms. The summed E-state index contributed by atoms with van der Waals surface area (Å²) in [6, 6.07) is 5.85. The Morgan fingerprint density at radius 2 is 2.42 bits per heavy atom. The van der Waals surface area contributed by atoms with Crippen molar-refractivity contribution in [2.75, 3.05) is 12.5 Å². The molecule has 1 unspecified atom stereocenters. The minimum absolute atomic E-state index is 0.0607. The molecule has 0 bridgehead atoms. The van der Waals surface area contributed by atoms with E-state index in [4.69, 9.17) is 4.74 Å². The fraction of sp³-hybridized carbons (Fsp3) is 0.308. The Balaban J connectivity index is 1.80. The lowest BCUT2D eigenvalue weighted by Gasteiger charge is -2.12. The predicted molar refractivity (Wildman–Crippen MR) is 68.4 cm³/mol. The average Bonchev–Trinajstić information content (AvgIpc) is 3.06. The van der Waals surface area contributed by atoms with Crippen LogP contribution in [0.15, 0.2) is 30.6 Å². The normalized spacial score (nSPS) is 17.0. The standard InChI is InChI=1S/C13H14N4O2/c1-19-10-3-5-11-9(8-10)2-4-12(11)13(18)15-17-7-6-14-16-17/h3,5-8,12H,2,4H2,1H3,(H,15,18). The number of nitrogens with zero attached hydrogens (tertiary/aromatic N) is 3. The summed E-state index contributed by atoms with van der Waals surface area (Å²) in [5.74, 6) is 0.635. The van der Waals surface area contributed by atoms with Crippen LogP contribution in [0.25, 0.3) is 0 Å². The van der Waals surface area contributed by atoms with Gasteiger partial charge in [-0.25, -0.2) is 5.43 Å². The first kappa shape index (κ1) is 11.7. The smallest absolute Gasteiger partial charge is 0.247 e. The van der Waals surface area contributed by atoms with E-state index in [0.29, 0.717) is 0 Å². The Kier molecular flexibility index (Phi) is 2.91. The highest BCUT2D eigenvalue weighted by Crippen LogP contribution is 2.35. The van der Waals surface area contributed by atoms with Gasteiger partial charge in [0.1, 0.15) is 5.75 Å². The maximum Gasteiger partial charge on any atom is 0.247 e. The molecule has 0 radical (unpaired) electrons. The largest absolute Gasteiger partial charge is 0.497 e. The summed E-state index contributed by atoms with van der Waals surface area (Å²) in [6.45, 7) is 0. The first-order valence-electron chi connectivity index (χ1n) is 6.12. The number of methoxy groups -OCH3 is 1. The third-order valence-electron chi connectivity index (χ3n) is 3.39. The molecule has 98 valence electrons. The van der Waals surface area contributed by atoms with Crippen LogP contribution in [0, 0.1) is 0 Å². The molecule has 0 aliphatic heterocycles. The summed E-state index contributed by atoms with van der Waals surface area (Å²) in [4.78, 5) is 13.5. The Morgan fingerprint density at radius 3 is 3.16 bits per heavy atom. The molecular formula is C13H14N4O2. The zero-order valence-corrected chi connectivity index (χ0v) is 10.5. The molecule has 6 nitrogen and oxygen atoms in total. The maximum absolute atomic E-state index is 12.2. The van der Waals surface area contributed by atoms with Gasteiger partial charge in [-0.05, 0) is 41.3 Å². The van der Waals surface area contributed by atoms with Gasteiger partial charge in [0, 0.05) is 0 Å². The zero-order valence-electron chi connectivity index (χ0n) is 10.5. The highest BCUT2D eigenvalue weighted by atomic mass is 16.5. The second kappa shape index (κ2) is 4.72. The van der Waals surface area contributed by atoms with Crippen molar-refractivity contribution < 1.29 is 9.53 Å². The van der Waals surface area contributed by atoms with Crippen LogP contribution in [0.3, 0.4) is 0 Å². The number of fused-ring (bicyclic) bond motifs is 1. The van der Waals surface area contributed by atoms with Crippen LogP contribution in [0.1, 0.15) is 23.5 Å². The van der Waals surface area contributed by atoms with E-state index in [2.05, 4.69) is 15.7 Å². The molecule has 1 amide bonds. The molecule has 0 spiro atoms. The first-order chi connectivity index (χ1) is 9.28. The molecule has 0 saturated heterocycles. The lowest BCUT2D eigenvalue weighted by molar-refractivity contribution is -0.118. The number of aromatic nitrogens is 3. The molecule has 0 fully saturated rings. The molecule has 1 aliphatic rings. The number of ether oxygens (including phenoxy) is 1. The van der Waals surface area contributed by atoms with E-state index in [-0.39, 0.29) is 11.8 Å². The van der Waals surface area contributed by atoms with Crippen molar-refractivity contribution in [3.63, 3.8) is 0 Å². The predicted octanol–water partition coefficient (Wildman–Crippen LogP) is 1.09. The van der Waals surface area contributed by atoms with Crippen LogP contribution >= 0.6 is 0 Å². The van der Waals surface area contributed by atoms with Crippen LogP contribution in [-0.4, -0.2) is 28.1 Å². The Bertz CT molecular complexity index is 595. The third kappa shape index (κ3) is 2.16. The minimum Gasteiger partial charge on any atom is -0.497 e. The Morgan fingerprint density at radius 1 is 1.53 bits per heavy atom. The van der Waals surface area contributed by atoms with Gasteiger partial charge >= 0.3 is 0 Å². The quantitative estimate of drug-likeness (QED) is 0.894. The summed E-state index contributed by atoms with van der Waals surface area (Å²) in [7, 11) is 1.64. The molecule has 1 aromatic carbocycles. The number of aryl methyl sites for hydroxylation is 1. The number of benzene rings is 1. The molecule has 1 aromatic heterocycles. The van der Waals surface area contributed by atoms with E-state index in [1.54, 1.807) is 13.3 Å². The zero-order chi connectivity index (χ0) is 13.2. The first-order valence-corrected chi connectivity index (χ1v) is 6.12. The number of nitrogens with one attached hydrogen (secondary N) is 1. The summed E-state index contributed by atoms with van der Waals surface area (Å²) in [5, 5.41) is 7.38. The topological polar surface area (TPSA) is 69.0 Å². The molecule has 1 heterocycles. The molecule has 1 N–H and O–H groups in total. The number of carbonyl (C=O) groups is 1. The third-order valence-corrected chi connectivity index (χ3v) is 3.39. The van der Waals surface area contributed by atoms with Crippen molar-refractivity contribution in [1.82, 2.24) is 15.1 Å². The monoisotopic (exact) mass is 258 g/mol. The van der Waals surface area contributed by atoms with Gasteiger partial charge < -0.3 is 4.74 Å². The van der Waals surface area contributed by atoms with Gasteiger partial charge in [-0.3, -0.25) is 4.79 Å². The van der Waals surface area contributed by atoms with Crippen LogP contribution in [0.2, 0.25) is 0 Å². The Labute approximate surface area is 110 Å². The van der Waals surface area contributed by atoms with E-state index < -0.39 is 0 Å². The number of carbonyl (C=O) groups excluding carboxylic acids is 1.